The Morgan fingerprint density at radius 1 is 1.16 bits per heavy atom. The van der Waals surface area contributed by atoms with Crippen molar-refractivity contribution < 1.29 is 9.53 Å². The lowest BCUT2D eigenvalue weighted by molar-refractivity contribution is 0.0508. The van der Waals surface area contributed by atoms with Gasteiger partial charge in [-0.3, -0.25) is 9.20 Å². The first-order valence-corrected chi connectivity index (χ1v) is 7.99. The number of nitriles is 1. The minimum atomic E-state index is -0.541. The molecule has 0 fully saturated rings. The quantitative estimate of drug-likeness (QED) is 0.687. The zero-order valence-electron chi connectivity index (χ0n) is 13.7. The number of carbonyl (C=O) groups excluding carboxylic acids is 1. The van der Waals surface area contributed by atoms with E-state index < -0.39 is 11.5 Å². The van der Waals surface area contributed by atoms with E-state index in [-0.39, 0.29) is 17.7 Å². The second-order valence-corrected chi connectivity index (χ2v) is 5.50. The predicted octanol–water partition coefficient (Wildman–Crippen LogP) is 3.40. The van der Waals surface area contributed by atoms with Crippen molar-refractivity contribution in [3.05, 3.63) is 76.2 Å². The summed E-state index contributed by atoms with van der Waals surface area (Å²) in [7, 11) is 0. The van der Waals surface area contributed by atoms with Crippen LogP contribution in [0.4, 0.5) is 0 Å². The summed E-state index contributed by atoms with van der Waals surface area (Å²) in [5.74, 6) is -0.541. The molecular formula is C20H16N2O3. The average Bonchev–Trinajstić information content (AvgIpc) is 2.66. The SMILES string of the molecule is CCCOC(=O)c1c(-c2ccccc2)c(C#N)c(=O)n2ccccc12. The minimum absolute atomic E-state index is 0.0710. The summed E-state index contributed by atoms with van der Waals surface area (Å²) >= 11 is 0. The highest BCUT2D eigenvalue weighted by atomic mass is 16.5. The van der Waals surface area contributed by atoms with Gasteiger partial charge in [-0.2, -0.15) is 5.26 Å². The summed E-state index contributed by atoms with van der Waals surface area (Å²) in [6, 6.07) is 16.0. The number of hydrogen-bond donors (Lipinski definition) is 0. The topological polar surface area (TPSA) is 71.6 Å². The molecule has 0 atom stereocenters. The predicted molar refractivity (Wildman–Crippen MR) is 94.4 cm³/mol. The fraction of sp³-hybridized carbons (Fsp3) is 0.150. The third-order valence-electron chi connectivity index (χ3n) is 3.86. The van der Waals surface area contributed by atoms with Gasteiger partial charge in [0.05, 0.1) is 17.7 Å². The zero-order chi connectivity index (χ0) is 17.8. The van der Waals surface area contributed by atoms with Gasteiger partial charge in [-0.1, -0.05) is 43.3 Å². The molecule has 0 saturated heterocycles. The van der Waals surface area contributed by atoms with Gasteiger partial charge in [0.2, 0.25) is 0 Å². The van der Waals surface area contributed by atoms with Gasteiger partial charge in [-0.05, 0) is 24.1 Å². The van der Waals surface area contributed by atoms with Crippen LogP contribution < -0.4 is 5.56 Å². The summed E-state index contributed by atoms with van der Waals surface area (Å²) in [4.78, 5) is 25.5. The summed E-state index contributed by atoms with van der Waals surface area (Å²) in [5.41, 5.74) is 1.08. The standard InChI is InChI=1S/C20H16N2O3/c1-2-12-25-20(24)18-16-10-6-7-11-22(16)19(23)15(13-21)17(18)14-8-4-3-5-9-14/h3-11H,2,12H2,1H3. The lowest BCUT2D eigenvalue weighted by Crippen LogP contribution is -2.22. The van der Waals surface area contributed by atoms with Gasteiger partial charge in [0.15, 0.2) is 0 Å². The molecule has 0 aliphatic rings. The van der Waals surface area contributed by atoms with Crippen molar-refractivity contribution in [3.8, 4) is 17.2 Å². The van der Waals surface area contributed by atoms with Crippen molar-refractivity contribution in [1.82, 2.24) is 4.40 Å². The molecule has 0 aliphatic carbocycles. The Kier molecular flexibility index (Phi) is 4.62. The number of ether oxygens (including phenoxy) is 1. The highest BCUT2D eigenvalue weighted by molar-refractivity contribution is 6.05. The fourth-order valence-corrected chi connectivity index (χ4v) is 2.78. The van der Waals surface area contributed by atoms with Crippen molar-refractivity contribution >= 4 is 11.5 Å². The molecule has 124 valence electrons. The van der Waals surface area contributed by atoms with Gasteiger partial charge in [0, 0.05) is 11.8 Å². The van der Waals surface area contributed by atoms with Crippen molar-refractivity contribution in [3.63, 3.8) is 0 Å². The number of pyridine rings is 2. The Bertz CT molecular complexity index is 1030. The lowest BCUT2D eigenvalue weighted by Gasteiger charge is -2.14. The van der Waals surface area contributed by atoms with Gasteiger partial charge in [0.25, 0.3) is 5.56 Å². The van der Waals surface area contributed by atoms with Crippen LogP contribution in [0.15, 0.2) is 59.5 Å². The molecule has 5 nitrogen and oxygen atoms in total. The zero-order valence-corrected chi connectivity index (χ0v) is 13.7. The highest BCUT2D eigenvalue weighted by Gasteiger charge is 2.24. The second kappa shape index (κ2) is 7.02. The molecule has 0 amide bonds. The molecule has 0 aliphatic heterocycles. The van der Waals surface area contributed by atoms with Crippen molar-refractivity contribution in [1.29, 1.82) is 5.26 Å². The molecular weight excluding hydrogens is 316 g/mol. The fourth-order valence-electron chi connectivity index (χ4n) is 2.78. The van der Waals surface area contributed by atoms with Crippen LogP contribution in [0.3, 0.4) is 0 Å². The van der Waals surface area contributed by atoms with Gasteiger partial charge in [0.1, 0.15) is 11.6 Å². The molecule has 25 heavy (non-hydrogen) atoms. The normalized spacial score (nSPS) is 10.4. The van der Waals surface area contributed by atoms with Crippen LogP contribution >= 0.6 is 0 Å². The summed E-state index contributed by atoms with van der Waals surface area (Å²) < 4.78 is 6.64. The molecule has 0 spiro atoms. The minimum Gasteiger partial charge on any atom is -0.462 e. The third-order valence-corrected chi connectivity index (χ3v) is 3.86. The van der Waals surface area contributed by atoms with Crippen LogP contribution in [-0.2, 0) is 4.74 Å². The molecule has 2 aromatic heterocycles. The lowest BCUT2D eigenvalue weighted by atomic mass is 9.95. The van der Waals surface area contributed by atoms with Gasteiger partial charge >= 0.3 is 5.97 Å². The van der Waals surface area contributed by atoms with E-state index in [1.807, 2.05) is 19.1 Å². The number of nitrogens with zero attached hydrogens (tertiary/aromatic N) is 2. The Hall–Kier alpha value is -3.39. The number of rotatable bonds is 4. The first kappa shape index (κ1) is 16.5. The number of hydrogen-bond acceptors (Lipinski definition) is 4. The van der Waals surface area contributed by atoms with Crippen LogP contribution in [0.25, 0.3) is 16.6 Å². The monoisotopic (exact) mass is 332 g/mol. The number of fused-ring (bicyclic) bond motifs is 1. The van der Waals surface area contributed by atoms with Crippen molar-refractivity contribution in [2.75, 3.05) is 6.61 Å². The number of aromatic nitrogens is 1. The number of esters is 1. The Balaban J connectivity index is 2.45. The van der Waals surface area contributed by atoms with E-state index in [1.54, 1.807) is 48.7 Å². The van der Waals surface area contributed by atoms with Gasteiger partial charge in [-0.25, -0.2) is 4.79 Å². The summed E-state index contributed by atoms with van der Waals surface area (Å²) in [6.07, 6.45) is 2.23. The third kappa shape index (κ3) is 2.90. The smallest absolute Gasteiger partial charge is 0.340 e. The van der Waals surface area contributed by atoms with E-state index in [9.17, 15) is 14.9 Å². The maximum absolute atomic E-state index is 12.7. The van der Waals surface area contributed by atoms with E-state index >= 15 is 0 Å². The van der Waals surface area contributed by atoms with Crippen LogP contribution in [0.5, 0.6) is 0 Å². The van der Waals surface area contributed by atoms with Crippen LogP contribution in [-0.4, -0.2) is 17.0 Å². The van der Waals surface area contributed by atoms with E-state index in [4.69, 9.17) is 4.74 Å². The Morgan fingerprint density at radius 2 is 1.88 bits per heavy atom. The Labute approximate surface area is 144 Å². The van der Waals surface area contributed by atoms with E-state index in [0.717, 1.165) is 0 Å². The molecule has 0 saturated carbocycles. The number of carbonyl (C=O) groups is 1. The van der Waals surface area contributed by atoms with Crippen molar-refractivity contribution in [2.45, 2.75) is 13.3 Å². The van der Waals surface area contributed by atoms with Crippen LogP contribution in [0.1, 0.15) is 29.3 Å². The molecule has 0 radical (unpaired) electrons. The number of benzene rings is 1. The van der Waals surface area contributed by atoms with Gasteiger partial charge < -0.3 is 4.74 Å². The largest absolute Gasteiger partial charge is 0.462 e. The first-order valence-electron chi connectivity index (χ1n) is 7.99. The molecule has 3 rings (SSSR count). The van der Waals surface area contributed by atoms with Crippen LogP contribution in [0, 0.1) is 11.3 Å². The average molecular weight is 332 g/mol. The maximum atomic E-state index is 12.7. The maximum Gasteiger partial charge on any atom is 0.340 e. The van der Waals surface area contributed by atoms with E-state index in [0.29, 0.717) is 23.1 Å². The molecule has 0 bridgehead atoms. The molecule has 2 heterocycles. The summed E-state index contributed by atoms with van der Waals surface area (Å²) in [5, 5.41) is 9.59. The molecule has 0 unspecified atom stereocenters. The van der Waals surface area contributed by atoms with Crippen molar-refractivity contribution in [2.24, 2.45) is 0 Å². The molecule has 1 aromatic carbocycles. The highest BCUT2D eigenvalue weighted by Crippen LogP contribution is 2.29. The van der Waals surface area contributed by atoms with E-state index in [2.05, 4.69) is 0 Å². The van der Waals surface area contributed by atoms with E-state index in [1.165, 1.54) is 4.40 Å². The summed E-state index contributed by atoms with van der Waals surface area (Å²) in [6.45, 7) is 2.17. The molecule has 0 N–H and O–H groups in total. The van der Waals surface area contributed by atoms with Crippen LogP contribution in [0.2, 0.25) is 0 Å². The first-order chi connectivity index (χ1) is 12.2. The molecule has 3 aromatic rings. The Morgan fingerprint density at radius 3 is 2.56 bits per heavy atom. The second-order valence-electron chi connectivity index (χ2n) is 5.50. The van der Waals surface area contributed by atoms with Gasteiger partial charge in [-0.15, -0.1) is 0 Å². The molecule has 5 heteroatoms.